The number of carbonyl (C=O) groups is 1. The topological polar surface area (TPSA) is 46.9 Å². The molecule has 4 nitrogen and oxygen atoms in total. The van der Waals surface area contributed by atoms with E-state index < -0.39 is 11.7 Å². The summed E-state index contributed by atoms with van der Waals surface area (Å²) >= 11 is 0. The summed E-state index contributed by atoms with van der Waals surface area (Å²) in [6.45, 7) is 0.224. The first-order valence-electron chi connectivity index (χ1n) is 7.66. The zero-order valence-corrected chi connectivity index (χ0v) is 12.8. The molecule has 3 rings (SSSR count). The maximum absolute atomic E-state index is 12.8. The third-order valence-electron chi connectivity index (χ3n) is 4.45. The molecule has 1 aliphatic rings. The molecule has 0 spiro atoms. The van der Waals surface area contributed by atoms with Gasteiger partial charge in [-0.2, -0.15) is 13.2 Å². The molecule has 1 aliphatic carbocycles. The maximum Gasteiger partial charge on any atom is 0.416 e. The van der Waals surface area contributed by atoms with Gasteiger partial charge in [0.15, 0.2) is 0 Å². The third kappa shape index (κ3) is 3.18. The standard InChI is InChI=1S/C16H18F3N3O/c1-22-13-7-6-11(16(17,18)19)8-12(13)21-14(22)9-20-15(23)10-4-2-3-5-10/h6-8,10H,2-5,9H2,1H3,(H,20,23). The first kappa shape index (κ1) is 15.8. The number of aryl methyl sites for hydroxylation is 1. The molecule has 1 amide bonds. The first-order valence-corrected chi connectivity index (χ1v) is 7.66. The van der Waals surface area contributed by atoms with E-state index in [1.165, 1.54) is 6.07 Å². The number of nitrogens with one attached hydrogen (secondary N) is 1. The molecule has 0 saturated heterocycles. The monoisotopic (exact) mass is 325 g/mol. The lowest BCUT2D eigenvalue weighted by molar-refractivity contribution is -0.137. The van der Waals surface area contributed by atoms with Crippen molar-refractivity contribution in [1.29, 1.82) is 0 Å². The molecule has 1 N–H and O–H groups in total. The fraction of sp³-hybridized carbons (Fsp3) is 0.500. The van der Waals surface area contributed by atoms with Gasteiger partial charge in [0.1, 0.15) is 5.82 Å². The van der Waals surface area contributed by atoms with Crippen LogP contribution in [0.2, 0.25) is 0 Å². The van der Waals surface area contributed by atoms with E-state index in [-0.39, 0.29) is 23.9 Å². The quantitative estimate of drug-likeness (QED) is 0.940. The van der Waals surface area contributed by atoms with Crippen LogP contribution in [0.5, 0.6) is 0 Å². The highest BCUT2D eigenvalue weighted by Crippen LogP contribution is 2.31. The Bertz CT molecular complexity index is 730. The Kier molecular flexibility index (Phi) is 4.04. The second-order valence-corrected chi connectivity index (χ2v) is 5.99. The van der Waals surface area contributed by atoms with E-state index in [0.29, 0.717) is 11.3 Å². The van der Waals surface area contributed by atoms with Crippen LogP contribution < -0.4 is 5.32 Å². The number of amides is 1. The van der Waals surface area contributed by atoms with Crippen molar-refractivity contribution in [2.45, 2.75) is 38.4 Å². The summed E-state index contributed by atoms with van der Waals surface area (Å²) in [4.78, 5) is 16.3. The molecule has 1 aromatic carbocycles. The van der Waals surface area contributed by atoms with Crippen LogP contribution in [0.25, 0.3) is 11.0 Å². The van der Waals surface area contributed by atoms with Crippen LogP contribution in [0.15, 0.2) is 18.2 Å². The third-order valence-corrected chi connectivity index (χ3v) is 4.45. The molecule has 1 fully saturated rings. The number of halogens is 3. The van der Waals surface area contributed by atoms with Crippen molar-refractivity contribution < 1.29 is 18.0 Å². The van der Waals surface area contributed by atoms with Crippen molar-refractivity contribution in [3.63, 3.8) is 0 Å². The van der Waals surface area contributed by atoms with E-state index in [1.807, 2.05) is 0 Å². The fourth-order valence-electron chi connectivity index (χ4n) is 3.08. The van der Waals surface area contributed by atoms with Gasteiger partial charge in [-0.3, -0.25) is 4.79 Å². The van der Waals surface area contributed by atoms with Crippen LogP contribution in [0.3, 0.4) is 0 Å². The van der Waals surface area contributed by atoms with E-state index in [1.54, 1.807) is 11.6 Å². The number of benzene rings is 1. The van der Waals surface area contributed by atoms with Gasteiger partial charge in [0.2, 0.25) is 5.91 Å². The van der Waals surface area contributed by atoms with E-state index in [4.69, 9.17) is 0 Å². The van der Waals surface area contributed by atoms with Crippen molar-refractivity contribution in [1.82, 2.24) is 14.9 Å². The van der Waals surface area contributed by atoms with Crippen molar-refractivity contribution in [2.24, 2.45) is 13.0 Å². The molecule has 23 heavy (non-hydrogen) atoms. The van der Waals surface area contributed by atoms with Crippen molar-refractivity contribution in [3.05, 3.63) is 29.6 Å². The lowest BCUT2D eigenvalue weighted by Crippen LogP contribution is -2.29. The zero-order valence-electron chi connectivity index (χ0n) is 12.8. The molecule has 0 aliphatic heterocycles. The molecule has 1 heterocycles. The Balaban J connectivity index is 1.78. The van der Waals surface area contributed by atoms with Gasteiger partial charge in [-0.25, -0.2) is 4.98 Å². The number of aromatic nitrogens is 2. The van der Waals surface area contributed by atoms with Gasteiger partial charge >= 0.3 is 6.18 Å². The van der Waals surface area contributed by atoms with Gasteiger partial charge in [-0.15, -0.1) is 0 Å². The second kappa shape index (κ2) is 5.86. The van der Waals surface area contributed by atoms with E-state index >= 15 is 0 Å². The number of fused-ring (bicyclic) bond motifs is 1. The van der Waals surface area contributed by atoms with Gasteiger partial charge in [-0.05, 0) is 31.0 Å². The average molecular weight is 325 g/mol. The van der Waals surface area contributed by atoms with Crippen molar-refractivity contribution >= 4 is 16.9 Å². The number of nitrogens with zero attached hydrogens (tertiary/aromatic N) is 2. The van der Waals surface area contributed by atoms with Crippen molar-refractivity contribution in [2.75, 3.05) is 0 Å². The number of imidazole rings is 1. The highest BCUT2D eigenvalue weighted by atomic mass is 19.4. The number of alkyl halides is 3. The normalized spacial score (nSPS) is 16.2. The minimum Gasteiger partial charge on any atom is -0.349 e. The number of carbonyl (C=O) groups excluding carboxylic acids is 1. The molecule has 1 aromatic heterocycles. The minimum absolute atomic E-state index is 0.00513. The maximum atomic E-state index is 12.8. The average Bonchev–Trinajstić information content (AvgIpc) is 3.12. The van der Waals surface area contributed by atoms with Gasteiger partial charge < -0.3 is 9.88 Å². The van der Waals surface area contributed by atoms with Crippen LogP contribution in [0.4, 0.5) is 13.2 Å². The van der Waals surface area contributed by atoms with Gasteiger partial charge in [0, 0.05) is 13.0 Å². The summed E-state index contributed by atoms with van der Waals surface area (Å²) in [5.41, 5.74) is 0.181. The summed E-state index contributed by atoms with van der Waals surface area (Å²) in [6, 6.07) is 3.50. The minimum atomic E-state index is -4.39. The largest absolute Gasteiger partial charge is 0.416 e. The highest BCUT2D eigenvalue weighted by Gasteiger charge is 2.31. The Morgan fingerprint density at radius 1 is 1.35 bits per heavy atom. The van der Waals surface area contributed by atoms with Crippen LogP contribution in [-0.4, -0.2) is 15.5 Å². The Hall–Kier alpha value is -2.05. The molecular weight excluding hydrogens is 307 g/mol. The molecular formula is C16H18F3N3O. The highest BCUT2D eigenvalue weighted by molar-refractivity contribution is 5.79. The molecule has 0 atom stereocenters. The van der Waals surface area contributed by atoms with E-state index in [9.17, 15) is 18.0 Å². The first-order chi connectivity index (χ1) is 10.9. The van der Waals surface area contributed by atoms with Crippen LogP contribution in [-0.2, 0) is 24.6 Å². The molecule has 2 aromatic rings. The molecule has 1 saturated carbocycles. The smallest absolute Gasteiger partial charge is 0.349 e. The number of hydrogen-bond acceptors (Lipinski definition) is 2. The van der Waals surface area contributed by atoms with E-state index in [0.717, 1.165) is 37.8 Å². The van der Waals surface area contributed by atoms with E-state index in [2.05, 4.69) is 10.3 Å². The summed E-state index contributed by atoms with van der Waals surface area (Å²) in [7, 11) is 1.74. The van der Waals surface area contributed by atoms with Gasteiger partial charge in [0.25, 0.3) is 0 Å². The summed E-state index contributed by atoms with van der Waals surface area (Å²) in [6.07, 6.45) is -0.426. The Morgan fingerprint density at radius 2 is 2.04 bits per heavy atom. The lowest BCUT2D eigenvalue weighted by Gasteiger charge is -2.10. The van der Waals surface area contributed by atoms with Crippen molar-refractivity contribution in [3.8, 4) is 0 Å². The molecule has 0 radical (unpaired) electrons. The zero-order chi connectivity index (χ0) is 16.6. The molecule has 0 unspecified atom stereocenters. The SMILES string of the molecule is Cn1c(CNC(=O)C2CCCC2)nc2cc(C(F)(F)F)ccc21. The fourth-order valence-corrected chi connectivity index (χ4v) is 3.08. The van der Waals surface area contributed by atoms with Crippen LogP contribution in [0.1, 0.15) is 37.1 Å². The lowest BCUT2D eigenvalue weighted by atomic mass is 10.1. The molecule has 124 valence electrons. The Morgan fingerprint density at radius 3 is 2.70 bits per heavy atom. The predicted molar refractivity (Wildman–Crippen MR) is 79.5 cm³/mol. The summed E-state index contributed by atoms with van der Waals surface area (Å²) in [5.74, 6) is 0.609. The van der Waals surface area contributed by atoms with Crippen LogP contribution in [0, 0.1) is 5.92 Å². The molecule has 0 bridgehead atoms. The predicted octanol–water partition coefficient (Wildman–Crippen LogP) is 3.40. The van der Waals surface area contributed by atoms with Crippen LogP contribution >= 0.6 is 0 Å². The summed E-state index contributed by atoms with van der Waals surface area (Å²) < 4.78 is 40.0. The summed E-state index contributed by atoms with van der Waals surface area (Å²) in [5, 5.41) is 2.84. The molecule has 7 heteroatoms. The number of hydrogen-bond donors (Lipinski definition) is 1. The van der Waals surface area contributed by atoms with Gasteiger partial charge in [0.05, 0.1) is 23.1 Å². The van der Waals surface area contributed by atoms with Gasteiger partial charge in [-0.1, -0.05) is 12.8 Å². The Labute approximate surface area is 131 Å². The second-order valence-electron chi connectivity index (χ2n) is 5.99. The number of rotatable bonds is 3.